The normalized spacial score (nSPS) is 16.1. The lowest BCUT2D eigenvalue weighted by molar-refractivity contribution is 0.338. The van der Waals surface area contributed by atoms with E-state index in [1.165, 1.54) is 5.69 Å². The second-order valence-corrected chi connectivity index (χ2v) is 6.03. The first kappa shape index (κ1) is 14.3. The molecule has 1 saturated heterocycles. The molecule has 23 heavy (non-hydrogen) atoms. The fourth-order valence-electron chi connectivity index (χ4n) is 3.43. The standard InChI is InChI=1S/C17H21N5O/c1-12-15(10-20-22(12)14-3-6-18-7-4-14)13-9-17(23-2)16-5-8-19-21(16)11-13/h5,8-11,14,18H,3-4,6-7H2,1-2H3. The molecule has 1 aliphatic heterocycles. The van der Waals surface area contributed by atoms with E-state index in [4.69, 9.17) is 4.74 Å². The molecule has 3 aromatic heterocycles. The molecule has 0 amide bonds. The van der Waals surface area contributed by atoms with Crippen molar-refractivity contribution in [2.75, 3.05) is 20.2 Å². The van der Waals surface area contributed by atoms with Crippen molar-refractivity contribution in [2.24, 2.45) is 0 Å². The molecule has 0 atom stereocenters. The van der Waals surface area contributed by atoms with Crippen LogP contribution in [0.3, 0.4) is 0 Å². The molecule has 3 aromatic rings. The van der Waals surface area contributed by atoms with E-state index in [1.807, 2.05) is 23.0 Å². The highest BCUT2D eigenvalue weighted by atomic mass is 16.5. The van der Waals surface area contributed by atoms with Crippen LogP contribution >= 0.6 is 0 Å². The SMILES string of the molecule is COc1cc(-c2cnn(C3CCNCC3)c2C)cn2nccc12. The average molecular weight is 311 g/mol. The van der Waals surface area contributed by atoms with Crippen LogP contribution in [0.4, 0.5) is 0 Å². The maximum Gasteiger partial charge on any atom is 0.145 e. The zero-order valence-electron chi connectivity index (χ0n) is 13.5. The van der Waals surface area contributed by atoms with Crippen molar-refractivity contribution in [3.05, 3.63) is 36.4 Å². The highest BCUT2D eigenvalue weighted by molar-refractivity contribution is 5.71. The number of pyridine rings is 1. The number of hydrogen-bond donors (Lipinski definition) is 1. The minimum Gasteiger partial charge on any atom is -0.494 e. The van der Waals surface area contributed by atoms with Crippen LogP contribution in [0.25, 0.3) is 16.6 Å². The van der Waals surface area contributed by atoms with E-state index in [0.717, 1.165) is 48.3 Å². The van der Waals surface area contributed by atoms with Crippen LogP contribution < -0.4 is 10.1 Å². The third-order valence-electron chi connectivity index (χ3n) is 4.70. The van der Waals surface area contributed by atoms with Gasteiger partial charge in [-0.25, -0.2) is 4.52 Å². The van der Waals surface area contributed by atoms with Crippen LogP contribution in [0.15, 0.2) is 30.7 Å². The molecule has 4 heterocycles. The van der Waals surface area contributed by atoms with E-state index in [0.29, 0.717) is 6.04 Å². The van der Waals surface area contributed by atoms with Gasteiger partial charge in [0.05, 0.1) is 25.5 Å². The molecule has 0 unspecified atom stereocenters. The van der Waals surface area contributed by atoms with Gasteiger partial charge in [-0.3, -0.25) is 4.68 Å². The van der Waals surface area contributed by atoms with Crippen molar-refractivity contribution in [3.63, 3.8) is 0 Å². The Bertz CT molecular complexity index is 829. The zero-order chi connectivity index (χ0) is 15.8. The maximum atomic E-state index is 5.51. The van der Waals surface area contributed by atoms with Gasteiger partial charge in [-0.15, -0.1) is 0 Å². The number of aromatic nitrogens is 4. The molecule has 1 fully saturated rings. The fourth-order valence-corrected chi connectivity index (χ4v) is 3.43. The number of nitrogens with zero attached hydrogens (tertiary/aromatic N) is 4. The highest BCUT2D eigenvalue weighted by Crippen LogP contribution is 2.31. The number of rotatable bonds is 3. The quantitative estimate of drug-likeness (QED) is 0.807. The van der Waals surface area contributed by atoms with Gasteiger partial charge in [0, 0.05) is 23.0 Å². The van der Waals surface area contributed by atoms with Crippen molar-refractivity contribution < 1.29 is 4.74 Å². The molecule has 1 aliphatic rings. The summed E-state index contributed by atoms with van der Waals surface area (Å²) >= 11 is 0. The summed E-state index contributed by atoms with van der Waals surface area (Å²) < 4.78 is 9.55. The average Bonchev–Trinajstić information content (AvgIpc) is 3.21. The Balaban J connectivity index is 1.77. The molecule has 120 valence electrons. The van der Waals surface area contributed by atoms with Gasteiger partial charge < -0.3 is 10.1 Å². The third kappa shape index (κ3) is 2.39. The van der Waals surface area contributed by atoms with Gasteiger partial charge >= 0.3 is 0 Å². The van der Waals surface area contributed by atoms with Crippen LogP contribution in [0.2, 0.25) is 0 Å². The first-order valence-electron chi connectivity index (χ1n) is 8.04. The molecule has 6 nitrogen and oxygen atoms in total. The van der Waals surface area contributed by atoms with Gasteiger partial charge in [0.2, 0.25) is 0 Å². The topological polar surface area (TPSA) is 56.4 Å². The molecule has 0 aliphatic carbocycles. The van der Waals surface area contributed by atoms with Gasteiger partial charge in [-0.1, -0.05) is 0 Å². The molecule has 0 radical (unpaired) electrons. The monoisotopic (exact) mass is 311 g/mol. The Labute approximate surface area is 135 Å². The summed E-state index contributed by atoms with van der Waals surface area (Å²) in [6, 6.07) is 4.50. The Morgan fingerprint density at radius 1 is 1.26 bits per heavy atom. The number of piperidine rings is 1. The smallest absolute Gasteiger partial charge is 0.145 e. The van der Waals surface area contributed by atoms with Gasteiger partial charge in [0.25, 0.3) is 0 Å². The van der Waals surface area contributed by atoms with E-state index in [-0.39, 0.29) is 0 Å². The number of nitrogens with one attached hydrogen (secondary N) is 1. The highest BCUT2D eigenvalue weighted by Gasteiger charge is 2.20. The second kappa shape index (κ2) is 5.70. The first-order chi connectivity index (χ1) is 11.3. The van der Waals surface area contributed by atoms with Gasteiger partial charge in [-0.05, 0) is 45.0 Å². The molecule has 0 aromatic carbocycles. The minimum atomic E-state index is 0.486. The van der Waals surface area contributed by atoms with Crippen LogP contribution in [-0.2, 0) is 0 Å². The first-order valence-corrected chi connectivity index (χ1v) is 8.04. The van der Waals surface area contributed by atoms with E-state index in [1.54, 1.807) is 13.3 Å². The summed E-state index contributed by atoms with van der Waals surface area (Å²) in [5, 5.41) is 12.4. The Morgan fingerprint density at radius 2 is 2.09 bits per heavy atom. The lowest BCUT2D eigenvalue weighted by Gasteiger charge is -2.24. The van der Waals surface area contributed by atoms with E-state index in [9.17, 15) is 0 Å². The largest absolute Gasteiger partial charge is 0.494 e. The van der Waals surface area contributed by atoms with Crippen molar-refractivity contribution in [1.82, 2.24) is 24.7 Å². The van der Waals surface area contributed by atoms with E-state index < -0.39 is 0 Å². The fraction of sp³-hybridized carbons (Fsp3) is 0.412. The summed E-state index contributed by atoms with van der Waals surface area (Å²) in [5.41, 5.74) is 4.39. The van der Waals surface area contributed by atoms with Crippen LogP contribution in [0.5, 0.6) is 5.75 Å². The lowest BCUT2D eigenvalue weighted by atomic mass is 10.1. The van der Waals surface area contributed by atoms with Gasteiger partial charge in [0.15, 0.2) is 0 Å². The van der Waals surface area contributed by atoms with Crippen molar-refractivity contribution in [2.45, 2.75) is 25.8 Å². The van der Waals surface area contributed by atoms with Crippen molar-refractivity contribution in [3.8, 4) is 16.9 Å². The summed E-state index contributed by atoms with van der Waals surface area (Å²) in [4.78, 5) is 0. The molecule has 0 bridgehead atoms. The molecular weight excluding hydrogens is 290 g/mol. The summed E-state index contributed by atoms with van der Waals surface area (Å²) in [7, 11) is 1.69. The number of ether oxygens (including phenoxy) is 1. The van der Waals surface area contributed by atoms with E-state index >= 15 is 0 Å². The van der Waals surface area contributed by atoms with Crippen LogP contribution in [0.1, 0.15) is 24.6 Å². The Hall–Kier alpha value is -2.34. The van der Waals surface area contributed by atoms with Crippen molar-refractivity contribution >= 4 is 5.52 Å². The summed E-state index contributed by atoms with van der Waals surface area (Å²) in [6.45, 7) is 4.27. The van der Waals surface area contributed by atoms with Crippen LogP contribution in [0, 0.1) is 6.92 Å². The molecule has 1 N–H and O–H groups in total. The minimum absolute atomic E-state index is 0.486. The van der Waals surface area contributed by atoms with Crippen LogP contribution in [-0.4, -0.2) is 39.6 Å². The molecule has 4 rings (SSSR count). The summed E-state index contributed by atoms with van der Waals surface area (Å²) in [5.74, 6) is 0.828. The number of hydrogen-bond acceptors (Lipinski definition) is 4. The number of fused-ring (bicyclic) bond motifs is 1. The predicted octanol–water partition coefficient (Wildman–Crippen LogP) is 2.44. The molecule has 6 heteroatoms. The van der Waals surface area contributed by atoms with Gasteiger partial charge in [-0.2, -0.15) is 10.2 Å². The van der Waals surface area contributed by atoms with E-state index in [2.05, 4.69) is 33.2 Å². The second-order valence-electron chi connectivity index (χ2n) is 6.03. The molecular formula is C17H21N5O. The van der Waals surface area contributed by atoms with Crippen molar-refractivity contribution in [1.29, 1.82) is 0 Å². The zero-order valence-corrected chi connectivity index (χ0v) is 13.5. The molecule has 0 saturated carbocycles. The maximum absolute atomic E-state index is 5.51. The third-order valence-corrected chi connectivity index (χ3v) is 4.70. The Kier molecular flexibility index (Phi) is 3.53. The molecule has 0 spiro atoms. The number of methoxy groups -OCH3 is 1. The lowest BCUT2D eigenvalue weighted by Crippen LogP contribution is -2.30. The summed E-state index contributed by atoms with van der Waals surface area (Å²) in [6.07, 6.45) is 8.04. The van der Waals surface area contributed by atoms with Gasteiger partial charge in [0.1, 0.15) is 11.3 Å². The predicted molar refractivity (Wildman–Crippen MR) is 88.8 cm³/mol. The Morgan fingerprint density at radius 3 is 2.87 bits per heavy atom.